The van der Waals surface area contributed by atoms with Crippen LogP contribution in [0.1, 0.15) is 27.3 Å². The summed E-state index contributed by atoms with van der Waals surface area (Å²) in [6, 6.07) is 7.67. The zero-order valence-corrected chi connectivity index (χ0v) is 12.5. The van der Waals surface area contributed by atoms with Crippen LogP contribution < -0.4 is 0 Å². The summed E-state index contributed by atoms with van der Waals surface area (Å²) in [7, 11) is 1.84. The van der Waals surface area contributed by atoms with Gasteiger partial charge in [0.2, 0.25) is 0 Å². The second-order valence-corrected chi connectivity index (χ2v) is 5.55. The molecular formula is C15H15N3OS. The number of rotatable bonds is 4. The highest BCUT2D eigenvalue weighted by atomic mass is 32.2. The van der Waals surface area contributed by atoms with Crippen molar-refractivity contribution in [2.45, 2.75) is 18.9 Å². The summed E-state index contributed by atoms with van der Waals surface area (Å²) >= 11 is 1.32. The van der Waals surface area contributed by atoms with E-state index in [4.69, 9.17) is 0 Å². The number of aryl methyl sites for hydroxylation is 3. The van der Waals surface area contributed by atoms with E-state index in [1.165, 1.54) is 11.8 Å². The molecule has 0 bridgehead atoms. The van der Waals surface area contributed by atoms with Crippen molar-refractivity contribution in [3.8, 4) is 6.07 Å². The second-order valence-electron chi connectivity index (χ2n) is 4.59. The van der Waals surface area contributed by atoms with Crippen molar-refractivity contribution in [2.75, 3.05) is 5.75 Å². The third-order valence-corrected chi connectivity index (χ3v) is 3.97. The number of nitriles is 1. The van der Waals surface area contributed by atoms with Crippen LogP contribution >= 0.6 is 11.8 Å². The summed E-state index contributed by atoms with van der Waals surface area (Å²) < 4.78 is 1.79. The van der Waals surface area contributed by atoms with Gasteiger partial charge in [-0.25, -0.2) is 4.98 Å². The predicted molar refractivity (Wildman–Crippen MR) is 78.9 cm³/mol. The summed E-state index contributed by atoms with van der Waals surface area (Å²) in [5.41, 5.74) is 2.98. The Morgan fingerprint density at radius 2 is 2.25 bits per heavy atom. The van der Waals surface area contributed by atoms with Gasteiger partial charge in [-0.2, -0.15) is 5.26 Å². The van der Waals surface area contributed by atoms with Crippen LogP contribution in [-0.4, -0.2) is 21.1 Å². The Morgan fingerprint density at radius 3 is 2.85 bits per heavy atom. The molecule has 0 N–H and O–H groups in total. The fraction of sp³-hybridized carbons (Fsp3) is 0.267. The molecule has 20 heavy (non-hydrogen) atoms. The highest BCUT2D eigenvalue weighted by molar-refractivity contribution is 8.00. The van der Waals surface area contributed by atoms with Gasteiger partial charge in [-0.1, -0.05) is 11.8 Å². The Kier molecular flexibility index (Phi) is 4.26. The fourth-order valence-corrected chi connectivity index (χ4v) is 2.98. The Morgan fingerprint density at radius 1 is 1.50 bits per heavy atom. The summed E-state index contributed by atoms with van der Waals surface area (Å²) in [5.74, 6) is 0.315. The topological polar surface area (TPSA) is 58.7 Å². The third kappa shape index (κ3) is 2.91. The van der Waals surface area contributed by atoms with E-state index in [0.29, 0.717) is 16.3 Å². The molecule has 0 aliphatic rings. The lowest BCUT2D eigenvalue weighted by atomic mass is 10.1. The average molecular weight is 285 g/mol. The number of aromatic nitrogens is 2. The first-order valence-electron chi connectivity index (χ1n) is 6.18. The summed E-state index contributed by atoms with van der Waals surface area (Å²) in [4.78, 5) is 16.5. The van der Waals surface area contributed by atoms with Crippen molar-refractivity contribution >= 4 is 17.5 Å². The zero-order valence-electron chi connectivity index (χ0n) is 11.7. The first-order chi connectivity index (χ1) is 9.52. The van der Waals surface area contributed by atoms with Gasteiger partial charge in [-0.05, 0) is 37.6 Å². The van der Waals surface area contributed by atoms with Gasteiger partial charge >= 0.3 is 0 Å². The van der Waals surface area contributed by atoms with Crippen LogP contribution in [0.15, 0.2) is 29.4 Å². The van der Waals surface area contributed by atoms with Gasteiger partial charge in [0.05, 0.1) is 17.0 Å². The van der Waals surface area contributed by atoms with E-state index in [1.807, 2.05) is 39.2 Å². The Labute approximate surface area is 122 Å². The van der Waals surface area contributed by atoms with Crippen LogP contribution in [-0.2, 0) is 7.05 Å². The van der Waals surface area contributed by atoms with Gasteiger partial charge in [0, 0.05) is 18.9 Å². The molecule has 0 fully saturated rings. The highest BCUT2D eigenvalue weighted by Crippen LogP contribution is 2.24. The number of carbonyl (C=O) groups excluding carboxylic acids is 1. The molecule has 0 aliphatic heterocycles. The van der Waals surface area contributed by atoms with Gasteiger partial charge in [0.1, 0.15) is 11.1 Å². The van der Waals surface area contributed by atoms with Gasteiger partial charge in [0.15, 0.2) is 5.78 Å². The minimum atomic E-state index is 0.0346. The number of thioether (sulfide) groups is 1. The van der Waals surface area contributed by atoms with E-state index >= 15 is 0 Å². The maximum Gasteiger partial charge on any atom is 0.189 e. The molecule has 0 amide bonds. The molecular weight excluding hydrogens is 270 g/mol. The summed E-state index contributed by atoms with van der Waals surface area (Å²) in [5, 5.41) is 9.82. The number of hydrogen-bond acceptors (Lipinski definition) is 4. The monoisotopic (exact) mass is 285 g/mol. The smallest absolute Gasteiger partial charge is 0.189 e. The van der Waals surface area contributed by atoms with Crippen LogP contribution in [0.2, 0.25) is 0 Å². The molecule has 4 nitrogen and oxygen atoms in total. The molecule has 0 spiro atoms. The molecule has 0 radical (unpaired) electrons. The Hall–Kier alpha value is -2.06. The highest BCUT2D eigenvalue weighted by Gasteiger charge is 2.14. The number of hydrogen-bond donors (Lipinski definition) is 0. The van der Waals surface area contributed by atoms with Crippen LogP contribution in [0.3, 0.4) is 0 Å². The molecule has 0 unspecified atom stereocenters. The van der Waals surface area contributed by atoms with Gasteiger partial charge in [-0.3, -0.25) is 4.79 Å². The lowest BCUT2D eigenvalue weighted by molar-refractivity contribution is 0.101. The van der Waals surface area contributed by atoms with E-state index in [-0.39, 0.29) is 11.5 Å². The zero-order chi connectivity index (χ0) is 14.7. The van der Waals surface area contributed by atoms with Crippen LogP contribution in [0.4, 0.5) is 0 Å². The lowest BCUT2D eigenvalue weighted by Gasteiger charge is -2.07. The predicted octanol–water partition coefficient (Wildman–Crippen LogP) is 2.88. The molecule has 0 aromatic carbocycles. The first kappa shape index (κ1) is 14.4. The largest absolute Gasteiger partial charge is 0.348 e. The number of nitrogens with zero attached hydrogens (tertiary/aromatic N) is 3. The van der Waals surface area contributed by atoms with Gasteiger partial charge < -0.3 is 4.57 Å². The van der Waals surface area contributed by atoms with Crippen molar-refractivity contribution in [2.24, 2.45) is 7.05 Å². The minimum Gasteiger partial charge on any atom is -0.348 e. The van der Waals surface area contributed by atoms with Crippen molar-refractivity contribution < 1.29 is 4.79 Å². The molecule has 2 rings (SSSR count). The summed E-state index contributed by atoms with van der Waals surface area (Å²) in [6.07, 6.45) is 1.84. The standard InChI is InChI=1S/C15H15N3OS/c1-10-7-11(2)17-15(12(10)8-16)20-9-14(19)13-5-4-6-18(13)3/h4-7H,9H2,1-3H3. The molecule has 5 heteroatoms. The molecule has 0 saturated carbocycles. The van der Waals surface area contributed by atoms with Crippen molar-refractivity contribution in [3.05, 3.63) is 46.9 Å². The fourth-order valence-electron chi connectivity index (χ4n) is 2.00. The van der Waals surface area contributed by atoms with Gasteiger partial charge in [-0.15, -0.1) is 0 Å². The molecule has 102 valence electrons. The van der Waals surface area contributed by atoms with Crippen molar-refractivity contribution in [3.63, 3.8) is 0 Å². The van der Waals surface area contributed by atoms with E-state index in [1.54, 1.807) is 10.6 Å². The number of ketones is 1. The molecule has 2 heterocycles. The Bertz CT molecular complexity index is 698. The number of carbonyl (C=O) groups is 1. The number of Topliss-reactive ketones (excluding diaryl/α,β-unsaturated/α-hetero) is 1. The van der Waals surface area contributed by atoms with Crippen LogP contribution in [0.25, 0.3) is 0 Å². The van der Waals surface area contributed by atoms with E-state index in [9.17, 15) is 10.1 Å². The maximum atomic E-state index is 12.1. The average Bonchev–Trinajstić information content (AvgIpc) is 2.81. The van der Waals surface area contributed by atoms with E-state index < -0.39 is 0 Å². The first-order valence-corrected chi connectivity index (χ1v) is 7.17. The van der Waals surface area contributed by atoms with E-state index in [0.717, 1.165) is 11.3 Å². The second kappa shape index (κ2) is 5.93. The SMILES string of the molecule is Cc1cc(C)c(C#N)c(SCC(=O)c2cccn2C)n1. The molecule has 0 saturated heterocycles. The van der Waals surface area contributed by atoms with Gasteiger partial charge in [0.25, 0.3) is 0 Å². The maximum absolute atomic E-state index is 12.1. The molecule has 2 aromatic rings. The quantitative estimate of drug-likeness (QED) is 0.640. The minimum absolute atomic E-state index is 0.0346. The number of pyridine rings is 1. The van der Waals surface area contributed by atoms with E-state index in [2.05, 4.69) is 11.1 Å². The van der Waals surface area contributed by atoms with Crippen LogP contribution in [0, 0.1) is 25.2 Å². The van der Waals surface area contributed by atoms with Crippen molar-refractivity contribution in [1.29, 1.82) is 5.26 Å². The molecule has 2 aromatic heterocycles. The molecule has 0 aliphatic carbocycles. The van der Waals surface area contributed by atoms with Crippen LogP contribution in [0.5, 0.6) is 0 Å². The Balaban J connectivity index is 2.18. The normalized spacial score (nSPS) is 10.3. The lowest BCUT2D eigenvalue weighted by Crippen LogP contribution is -2.08. The summed E-state index contributed by atoms with van der Waals surface area (Å²) in [6.45, 7) is 3.77. The molecule has 0 atom stereocenters. The van der Waals surface area contributed by atoms with Crippen molar-refractivity contribution in [1.82, 2.24) is 9.55 Å². The third-order valence-electron chi connectivity index (χ3n) is 2.99.